The van der Waals surface area contributed by atoms with E-state index in [1.165, 1.54) is 19.5 Å². The predicted molar refractivity (Wildman–Crippen MR) is 112 cm³/mol. The first kappa shape index (κ1) is 19.9. The molecule has 2 aromatic heterocycles. The van der Waals surface area contributed by atoms with Crippen molar-refractivity contribution in [2.45, 2.75) is 39.3 Å². The fraction of sp³-hybridized carbons (Fsp3) is 0.364. The van der Waals surface area contributed by atoms with Crippen LogP contribution < -0.4 is 4.90 Å². The molecule has 1 aliphatic heterocycles. The molecule has 30 heavy (non-hydrogen) atoms. The Hall–Kier alpha value is -3.42. The minimum Gasteiger partial charge on any atom is -0.465 e. The highest BCUT2D eigenvalue weighted by Gasteiger charge is 2.30. The van der Waals surface area contributed by atoms with Crippen molar-refractivity contribution in [2.75, 3.05) is 18.6 Å². The highest BCUT2D eigenvalue weighted by atomic mass is 16.6. The molecule has 0 saturated heterocycles. The van der Waals surface area contributed by atoms with Crippen LogP contribution in [0.4, 0.5) is 10.7 Å². The highest BCUT2D eigenvalue weighted by molar-refractivity contribution is 5.94. The number of hydrogen-bond donors (Lipinski definition) is 0. The predicted octanol–water partition coefficient (Wildman–Crippen LogP) is 3.56. The Morgan fingerprint density at radius 2 is 1.80 bits per heavy atom. The molecule has 3 aromatic rings. The molecular weight excluding hydrogens is 384 g/mol. The van der Waals surface area contributed by atoms with Crippen molar-refractivity contribution >= 4 is 28.9 Å². The summed E-state index contributed by atoms with van der Waals surface area (Å²) in [4.78, 5) is 35.3. The maximum absolute atomic E-state index is 13.0. The van der Waals surface area contributed by atoms with Gasteiger partial charge in [0.25, 0.3) is 0 Å². The monoisotopic (exact) mass is 408 g/mol. The van der Waals surface area contributed by atoms with Crippen LogP contribution in [0.5, 0.6) is 0 Å². The number of benzene rings is 1. The molecule has 1 aliphatic rings. The number of methoxy groups -OCH3 is 1. The van der Waals surface area contributed by atoms with E-state index < -0.39 is 17.7 Å². The standard InChI is InChI=1S/C22H24N4O4/c1-22(2,3)30-21(28)26-17-8-6-5-7-15(17)16-9-10-25(13-18(16)26)20-23-11-14(12-24-20)19(27)29-4/h5-8,11-12H,9-10,13H2,1-4H3. The molecule has 8 nitrogen and oxygen atoms in total. The van der Waals surface area contributed by atoms with Crippen LogP contribution in [0.15, 0.2) is 36.7 Å². The van der Waals surface area contributed by atoms with Gasteiger partial charge in [-0.15, -0.1) is 0 Å². The zero-order chi connectivity index (χ0) is 21.5. The Kier molecular flexibility index (Phi) is 4.93. The average Bonchev–Trinajstić information content (AvgIpc) is 3.06. The van der Waals surface area contributed by atoms with E-state index in [-0.39, 0.29) is 0 Å². The molecule has 4 rings (SSSR count). The number of para-hydroxylation sites is 1. The molecule has 0 amide bonds. The summed E-state index contributed by atoms with van der Waals surface area (Å²) < 4.78 is 12.0. The fourth-order valence-corrected chi connectivity index (χ4v) is 3.71. The van der Waals surface area contributed by atoms with E-state index in [4.69, 9.17) is 9.47 Å². The van der Waals surface area contributed by atoms with Gasteiger partial charge in [0.1, 0.15) is 5.60 Å². The van der Waals surface area contributed by atoms with Crippen LogP contribution in [0.25, 0.3) is 10.9 Å². The minimum atomic E-state index is -0.601. The highest BCUT2D eigenvalue weighted by Crippen LogP contribution is 2.32. The Morgan fingerprint density at radius 1 is 1.10 bits per heavy atom. The second-order valence-corrected chi connectivity index (χ2v) is 8.19. The van der Waals surface area contributed by atoms with Gasteiger partial charge in [-0.05, 0) is 38.8 Å². The number of nitrogens with zero attached hydrogens (tertiary/aromatic N) is 4. The topological polar surface area (TPSA) is 86.6 Å². The van der Waals surface area contributed by atoms with Gasteiger partial charge in [0.05, 0.1) is 30.4 Å². The lowest BCUT2D eigenvalue weighted by Crippen LogP contribution is -2.35. The zero-order valence-corrected chi connectivity index (χ0v) is 17.5. The van der Waals surface area contributed by atoms with Crippen LogP contribution in [-0.2, 0) is 22.4 Å². The summed E-state index contributed by atoms with van der Waals surface area (Å²) in [7, 11) is 1.32. The van der Waals surface area contributed by atoms with E-state index in [0.29, 0.717) is 24.6 Å². The van der Waals surface area contributed by atoms with Crippen LogP contribution in [-0.4, -0.2) is 45.9 Å². The maximum Gasteiger partial charge on any atom is 0.419 e. The molecule has 0 radical (unpaired) electrons. The lowest BCUT2D eigenvalue weighted by Gasteiger charge is -2.28. The van der Waals surface area contributed by atoms with E-state index >= 15 is 0 Å². The molecule has 0 spiro atoms. The van der Waals surface area contributed by atoms with Crippen LogP contribution in [0.2, 0.25) is 0 Å². The summed E-state index contributed by atoms with van der Waals surface area (Å²) in [6.07, 6.45) is 3.25. The Balaban J connectivity index is 1.72. The first-order valence-electron chi connectivity index (χ1n) is 9.78. The van der Waals surface area contributed by atoms with Gasteiger partial charge in [-0.25, -0.2) is 24.1 Å². The molecule has 0 unspecified atom stereocenters. The van der Waals surface area contributed by atoms with Gasteiger partial charge in [0.15, 0.2) is 0 Å². The second kappa shape index (κ2) is 7.44. The number of anilines is 1. The van der Waals surface area contributed by atoms with Crippen LogP contribution >= 0.6 is 0 Å². The van der Waals surface area contributed by atoms with Crippen molar-refractivity contribution in [1.29, 1.82) is 0 Å². The van der Waals surface area contributed by atoms with E-state index in [2.05, 4.69) is 9.97 Å². The lowest BCUT2D eigenvalue weighted by atomic mass is 10.0. The van der Waals surface area contributed by atoms with E-state index in [1.807, 2.05) is 49.9 Å². The maximum atomic E-state index is 13.0. The van der Waals surface area contributed by atoms with Gasteiger partial charge in [-0.1, -0.05) is 18.2 Å². The number of ether oxygens (including phenoxy) is 2. The smallest absolute Gasteiger partial charge is 0.419 e. The first-order chi connectivity index (χ1) is 14.3. The third kappa shape index (κ3) is 3.60. The first-order valence-corrected chi connectivity index (χ1v) is 9.78. The summed E-state index contributed by atoms with van der Waals surface area (Å²) in [5.74, 6) is 0.0156. The summed E-state index contributed by atoms with van der Waals surface area (Å²) in [5.41, 5.74) is 2.54. The number of esters is 1. The molecule has 0 atom stereocenters. The number of hydrogen-bond acceptors (Lipinski definition) is 7. The Labute approximate surface area is 174 Å². The molecule has 1 aromatic carbocycles. The van der Waals surface area contributed by atoms with Gasteiger partial charge in [0, 0.05) is 24.3 Å². The largest absolute Gasteiger partial charge is 0.465 e. The van der Waals surface area contributed by atoms with Gasteiger partial charge >= 0.3 is 12.1 Å². The van der Waals surface area contributed by atoms with Gasteiger partial charge in [-0.3, -0.25) is 0 Å². The summed E-state index contributed by atoms with van der Waals surface area (Å²) in [6, 6.07) is 7.86. The van der Waals surface area contributed by atoms with Gasteiger partial charge < -0.3 is 14.4 Å². The lowest BCUT2D eigenvalue weighted by molar-refractivity contribution is 0.0538. The van der Waals surface area contributed by atoms with E-state index in [1.54, 1.807) is 4.57 Å². The van der Waals surface area contributed by atoms with Crippen molar-refractivity contribution in [2.24, 2.45) is 0 Å². The molecule has 0 N–H and O–H groups in total. The molecule has 0 aliphatic carbocycles. The summed E-state index contributed by atoms with van der Waals surface area (Å²) >= 11 is 0. The van der Waals surface area contributed by atoms with Crippen molar-refractivity contribution < 1.29 is 19.1 Å². The van der Waals surface area contributed by atoms with Crippen molar-refractivity contribution in [1.82, 2.24) is 14.5 Å². The number of aromatic nitrogens is 3. The van der Waals surface area contributed by atoms with Crippen LogP contribution in [0.3, 0.4) is 0 Å². The third-order valence-electron chi connectivity index (χ3n) is 4.98. The quantitative estimate of drug-likeness (QED) is 0.599. The number of rotatable bonds is 2. The number of carbonyl (C=O) groups excluding carboxylic acids is 2. The average molecular weight is 408 g/mol. The van der Waals surface area contributed by atoms with E-state index in [0.717, 1.165) is 28.6 Å². The Morgan fingerprint density at radius 3 is 2.47 bits per heavy atom. The van der Waals surface area contributed by atoms with Crippen molar-refractivity contribution in [3.63, 3.8) is 0 Å². The number of fused-ring (bicyclic) bond motifs is 3. The molecule has 0 fully saturated rings. The minimum absolute atomic E-state index is 0.293. The van der Waals surface area contributed by atoms with Gasteiger partial charge in [-0.2, -0.15) is 0 Å². The van der Waals surface area contributed by atoms with Gasteiger partial charge in [0.2, 0.25) is 5.95 Å². The fourth-order valence-electron chi connectivity index (χ4n) is 3.71. The SMILES string of the molecule is COC(=O)c1cnc(N2CCc3c(n(C(=O)OC(C)(C)C)c4ccccc34)C2)nc1. The summed E-state index contributed by atoms with van der Waals surface area (Å²) in [5, 5.41) is 1.06. The number of carbonyl (C=O) groups is 2. The Bertz CT molecular complexity index is 1110. The normalized spacial score (nSPS) is 13.8. The molecule has 3 heterocycles. The molecular formula is C22H24N4O4. The second-order valence-electron chi connectivity index (χ2n) is 8.19. The summed E-state index contributed by atoms with van der Waals surface area (Å²) in [6.45, 7) is 6.72. The van der Waals surface area contributed by atoms with Crippen LogP contribution in [0.1, 0.15) is 42.4 Å². The third-order valence-corrected chi connectivity index (χ3v) is 4.98. The van der Waals surface area contributed by atoms with Crippen molar-refractivity contribution in [3.05, 3.63) is 53.5 Å². The molecule has 8 heteroatoms. The zero-order valence-electron chi connectivity index (χ0n) is 17.5. The molecule has 156 valence electrons. The van der Waals surface area contributed by atoms with Crippen LogP contribution in [0, 0.1) is 0 Å². The molecule has 0 bridgehead atoms. The van der Waals surface area contributed by atoms with Crippen molar-refractivity contribution in [3.8, 4) is 0 Å². The molecule has 0 saturated carbocycles. The van der Waals surface area contributed by atoms with E-state index in [9.17, 15) is 9.59 Å².